The predicted molar refractivity (Wildman–Crippen MR) is 111 cm³/mol. The molecule has 2 aliphatic heterocycles. The molecule has 1 aliphatic carbocycles. The van der Waals surface area contributed by atoms with Crippen molar-refractivity contribution in [1.82, 2.24) is 4.98 Å². The van der Waals surface area contributed by atoms with E-state index in [1.165, 1.54) is 6.92 Å². The number of aromatic nitrogens is 1. The zero-order chi connectivity index (χ0) is 23.1. The number of carbonyl (C=O) groups excluding carboxylic acids is 1. The highest BCUT2D eigenvalue weighted by atomic mass is 16.7. The standard InChI is InChI=1S/C23H23NO8/c1-4-5-12-15-10(6-8(2)24-12)14-11(18(15)27)7-13(25)16-20(19(14)28)32-22-23(16,30)21(29)17(26)9(3)31-22/h6-7,9,17,21-22,26,28-30H,4-5H2,1-3H3/t9-,17+,21+,22+,23-/m1/s1. The predicted octanol–water partition coefficient (Wildman–Crippen LogP) is 0.666. The Morgan fingerprint density at radius 2 is 1.88 bits per heavy atom. The van der Waals surface area contributed by atoms with Crippen molar-refractivity contribution in [2.45, 2.75) is 63.8 Å². The Bertz CT molecular complexity index is 1240. The van der Waals surface area contributed by atoms with E-state index >= 15 is 0 Å². The van der Waals surface area contributed by atoms with E-state index in [-0.39, 0.29) is 16.9 Å². The SMILES string of the molecule is CCCc1nc(C)cc2c1C(=O)c1cc(=O)c3c(c(O)c1-2)O[C@@H]1O[C@H](C)[C@H](O)[C@H](O)[C@]31O. The molecule has 0 unspecified atom stereocenters. The third-order valence-corrected chi connectivity index (χ3v) is 6.50. The van der Waals surface area contributed by atoms with E-state index in [4.69, 9.17) is 9.47 Å². The summed E-state index contributed by atoms with van der Waals surface area (Å²) in [5.74, 6) is -1.35. The molecule has 0 radical (unpaired) electrons. The van der Waals surface area contributed by atoms with Gasteiger partial charge in [0.1, 0.15) is 12.2 Å². The Morgan fingerprint density at radius 3 is 2.56 bits per heavy atom. The summed E-state index contributed by atoms with van der Waals surface area (Å²) in [5.41, 5.74) is -1.65. The van der Waals surface area contributed by atoms with Crippen LogP contribution in [0.3, 0.4) is 0 Å². The van der Waals surface area contributed by atoms with Crippen molar-refractivity contribution in [3.63, 3.8) is 0 Å². The van der Waals surface area contributed by atoms with Crippen LogP contribution in [0.2, 0.25) is 0 Å². The number of ketones is 1. The van der Waals surface area contributed by atoms with Gasteiger partial charge in [0.2, 0.25) is 6.29 Å². The Morgan fingerprint density at radius 1 is 1.16 bits per heavy atom. The van der Waals surface area contributed by atoms with Crippen LogP contribution in [0, 0.1) is 6.92 Å². The number of hydrogen-bond acceptors (Lipinski definition) is 9. The average Bonchev–Trinajstić information content (AvgIpc) is 3.14. The van der Waals surface area contributed by atoms with E-state index in [9.17, 15) is 30.0 Å². The van der Waals surface area contributed by atoms with E-state index in [1.54, 1.807) is 13.0 Å². The van der Waals surface area contributed by atoms with Gasteiger partial charge in [-0.3, -0.25) is 14.6 Å². The second-order valence-corrected chi connectivity index (χ2v) is 8.61. The molecule has 3 aliphatic rings. The molecule has 5 rings (SSSR count). The minimum absolute atomic E-state index is 0.0365. The van der Waals surface area contributed by atoms with Gasteiger partial charge in [-0.15, -0.1) is 0 Å². The summed E-state index contributed by atoms with van der Waals surface area (Å²) < 4.78 is 11.1. The maximum absolute atomic E-state index is 13.3. The molecule has 168 valence electrons. The van der Waals surface area contributed by atoms with Gasteiger partial charge in [-0.25, -0.2) is 0 Å². The number of pyridine rings is 1. The number of aryl methyl sites for hydroxylation is 2. The van der Waals surface area contributed by atoms with Crippen LogP contribution in [0.25, 0.3) is 11.1 Å². The minimum atomic E-state index is -2.42. The molecule has 1 saturated heterocycles. The lowest BCUT2D eigenvalue weighted by molar-refractivity contribution is -0.307. The molecule has 1 fully saturated rings. The fourth-order valence-corrected chi connectivity index (χ4v) is 4.96. The summed E-state index contributed by atoms with van der Waals surface area (Å²) in [7, 11) is 0. The number of rotatable bonds is 2. The number of nitrogens with zero attached hydrogens (tertiary/aromatic N) is 1. The monoisotopic (exact) mass is 441 g/mol. The van der Waals surface area contributed by atoms with Crippen molar-refractivity contribution in [2.75, 3.05) is 0 Å². The highest BCUT2D eigenvalue weighted by molar-refractivity contribution is 6.23. The van der Waals surface area contributed by atoms with Crippen LogP contribution in [0.4, 0.5) is 0 Å². The maximum atomic E-state index is 13.3. The van der Waals surface area contributed by atoms with Gasteiger partial charge < -0.3 is 29.9 Å². The lowest BCUT2D eigenvalue weighted by atomic mass is 9.82. The molecular weight excluding hydrogens is 418 g/mol. The van der Waals surface area contributed by atoms with Crippen LogP contribution in [0.1, 0.15) is 53.1 Å². The number of ether oxygens (including phenoxy) is 2. The van der Waals surface area contributed by atoms with Crippen molar-refractivity contribution in [1.29, 1.82) is 0 Å². The molecule has 0 amide bonds. The van der Waals surface area contributed by atoms with Crippen molar-refractivity contribution < 1.29 is 34.7 Å². The first kappa shape index (κ1) is 21.0. The lowest BCUT2D eigenvalue weighted by Crippen LogP contribution is -2.63. The topological polar surface area (TPSA) is 146 Å². The summed E-state index contributed by atoms with van der Waals surface area (Å²) in [4.78, 5) is 31.0. The zero-order valence-electron chi connectivity index (χ0n) is 17.7. The van der Waals surface area contributed by atoms with E-state index in [0.29, 0.717) is 28.9 Å². The number of aliphatic hydroxyl groups is 3. The van der Waals surface area contributed by atoms with Gasteiger partial charge in [-0.05, 0) is 32.4 Å². The fraction of sp³-hybridized carbons (Fsp3) is 0.435. The van der Waals surface area contributed by atoms with Gasteiger partial charge in [0.15, 0.2) is 28.3 Å². The summed E-state index contributed by atoms with van der Waals surface area (Å²) >= 11 is 0. The molecule has 1 aromatic carbocycles. The third-order valence-electron chi connectivity index (χ3n) is 6.50. The molecule has 0 saturated carbocycles. The van der Waals surface area contributed by atoms with Crippen molar-refractivity contribution in [2.24, 2.45) is 0 Å². The molecule has 32 heavy (non-hydrogen) atoms. The molecule has 3 heterocycles. The molecule has 0 bridgehead atoms. The van der Waals surface area contributed by atoms with Gasteiger partial charge in [0.05, 0.1) is 22.9 Å². The first-order valence-electron chi connectivity index (χ1n) is 10.5. The van der Waals surface area contributed by atoms with Crippen LogP contribution in [0.15, 0.2) is 16.9 Å². The van der Waals surface area contributed by atoms with Gasteiger partial charge in [0, 0.05) is 22.4 Å². The number of hydrogen-bond donors (Lipinski definition) is 4. The molecule has 9 nitrogen and oxygen atoms in total. The third kappa shape index (κ3) is 2.50. The number of fused-ring (bicyclic) bond motifs is 6. The highest BCUT2D eigenvalue weighted by Crippen LogP contribution is 2.54. The Balaban J connectivity index is 1.82. The van der Waals surface area contributed by atoms with Crippen molar-refractivity contribution in [3.05, 3.63) is 50.4 Å². The first-order chi connectivity index (χ1) is 15.1. The fourth-order valence-electron chi connectivity index (χ4n) is 4.96. The highest BCUT2D eigenvalue weighted by Gasteiger charge is 2.62. The minimum Gasteiger partial charge on any atom is -0.504 e. The Hall–Kier alpha value is -2.85. The quantitative estimate of drug-likeness (QED) is 0.450. The Kier molecular flexibility index (Phi) is 4.48. The molecule has 5 atom stereocenters. The van der Waals surface area contributed by atoms with Gasteiger partial charge >= 0.3 is 0 Å². The summed E-state index contributed by atoms with van der Waals surface area (Å²) in [6.07, 6.45) is -4.43. The average molecular weight is 441 g/mol. The van der Waals surface area contributed by atoms with Crippen LogP contribution >= 0.6 is 0 Å². The van der Waals surface area contributed by atoms with Crippen molar-refractivity contribution in [3.8, 4) is 22.6 Å². The van der Waals surface area contributed by atoms with Crippen LogP contribution in [-0.4, -0.2) is 55.8 Å². The normalized spacial score (nSPS) is 29.8. The summed E-state index contributed by atoms with van der Waals surface area (Å²) in [6.45, 7) is 5.21. The Labute approximate surface area is 182 Å². The van der Waals surface area contributed by atoms with Gasteiger partial charge in [-0.1, -0.05) is 13.3 Å². The smallest absolute Gasteiger partial charge is 0.236 e. The van der Waals surface area contributed by atoms with E-state index in [1.807, 2.05) is 6.92 Å². The molecule has 0 spiro atoms. The van der Waals surface area contributed by atoms with Crippen LogP contribution < -0.4 is 10.2 Å². The second-order valence-electron chi connectivity index (χ2n) is 8.61. The number of aliphatic hydroxyl groups excluding tert-OH is 2. The zero-order valence-corrected chi connectivity index (χ0v) is 17.7. The van der Waals surface area contributed by atoms with Gasteiger partial charge in [-0.2, -0.15) is 0 Å². The second kappa shape index (κ2) is 6.82. The van der Waals surface area contributed by atoms with Crippen LogP contribution in [0.5, 0.6) is 11.5 Å². The van der Waals surface area contributed by atoms with E-state index in [2.05, 4.69) is 4.98 Å². The molecular formula is C23H23NO8. The molecule has 1 aromatic heterocycles. The van der Waals surface area contributed by atoms with Crippen LogP contribution in [-0.2, 0) is 16.8 Å². The number of aromatic hydroxyl groups is 1. The lowest BCUT2D eigenvalue weighted by Gasteiger charge is -2.42. The largest absolute Gasteiger partial charge is 0.504 e. The maximum Gasteiger partial charge on any atom is 0.236 e. The first-order valence-corrected chi connectivity index (χ1v) is 10.5. The number of carbonyl (C=O) groups is 1. The van der Waals surface area contributed by atoms with E-state index < -0.39 is 52.7 Å². The molecule has 4 N–H and O–H groups in total. The van der Waals surface area contributed by atoms with E-state index in [0.717, 1.165) is 12.5 Å². The van der Waals surface area contributed by atoms with Crippen molar-refractivity contribution >= 4 is 5.78 Å². The summed E-state index contributed by atoms with van der Waals surface area (Å²) in [5, 5.41) is 43.3. The molecule has 2 aromatic rings. The van der Waals surface area contributed by atoms with Gasteiger partial charge in [0.25, 0.3) is 0 Å². The summed E-state index contributed by atoms with van der Waals surface area (Å²) in [6, 6.07) is 2.69. The molecule has 9 heteroatoms.